The van der Waals surface area contributed by atoms with Crippen LogP contribution in [0.3, 0.4) is 0 Å². The molecule has 0 spiro atoms. The van der Waals surface area contributed by atoms with E-state index in [0.29, 0.717) is 11.2 Å². The van der Waals surface area contributed by atoms with Gasteiger partial charge in [0.15, 0.2) is 5.16 Å². The molecule has 0 saturated heterocycles. The highest BCUT2D eigenvalue weighted by Crippen LogP contribution is 2.37. The van der Waals surface area contributed by atoms with Crippen molar-refractivity contribution in [3.05, 3.63) is 6.33 Å². The van der Waals surface area contributed by atoms with Crippen molar-refractivity contribution in [2.24, 2.45) is 5.73 Å². The summed E-state index contributed by atoms with van der Waals surface area (Å²) in [6.45, 7) is 0. The summed E-state index contributed by atoms with van der Waals surface area (Å²) in [7, 11) is 0. The van der Waals surface area contributed by atoms with Crippen LogP contribution in [-0.4, -0.2) is 49.4 Å². The van der Waals surface area contributed by atoms with Gasteiger partial charge in [0.1, 0.15) is 12.4 Å². The summed E-state index contributed by atoms with van der Waals surface area (Å²) in [6, 6.07) is -0.913. The Morgan fingerprint density at radius 1 is 1.52 bits per heavy atom. The lowest BCUT2D eigenvalue weighted by atomic mass is 10.2. The van der Waals surface area contributed by atoms with Crippen LogP contribution in [0.4, 0.5) is 0 Å². The Morgan fingerprint density at radius 2 is 2.24 bits per heavy atom. The van der Waals surface area contributed by atoms with Gasteiger partial charge in [-0.25, -0.2) is 4.79 Å². The van der Waals surface area contributed by atoms with E-state index >= 15 is 0 Å². The van der Waals surface area contributed by atoms with Crippen LogP contribution in [0.5, 0.6) is 0 Å². The Hall–Kier alpha value is -2.10. The number of nitrogens with zero attached hydrogens (tertiary/aromatic N) is 3. The summed E-state index contributed by atoms with van der Waals surface area (Å²) >= 11 is 1.17. The molecule has 1 atom stereocenters. The summed E-state index contributed by atoms with van der Waals surface area (Å²) in [4.78, 5) is 33.4. The first-order valence-electron chi connectivity index (χ1n) is 6.30. The minimum Gasteiger partial charge on any atom is -0.480 e. The number of primary amides is 1. The molecule has 0 radical (unpaired) electrons. The molecule has 9 nitrogen and oxygen atoms in total. The lowest BCUT2D eigenvalue weighted by molar-refractivity contribution is -0.143. The molecule has 1 aliphatic carbocycles. The minimum absolute atomic E-state index is 0.00600. The van der Waals surface area contributed by atoms with Gasteiger partial charge in [0.25, 0.3) is 0 Å². The predicted molar refractivity (Wildman–Crippen MR) is 72.4 cm³/mol. The molecule has 1 fully saturated rings. The van der Waals surface area contributed by atoms with Crippen LogP contribution in [0.15, 0.2) is 11.5 Å². The average Bonchev–Trinajstić information content (AvgIpc) is 3.14. The van der Waals surface area contributed by atoms with E-state index in [1.54, 1.807) is 6.33 Å². The fourth-order valence-corrected chi connectivity index (χ4v) is 2.50. The number of aliphatic carboxylic acids is 1. The number of carboxylic acid groups (broad SMARTS) is 1. The van der Waals surface area contributed by atoms with Gasteiger partial charge in [-0.2, -0.15) is 0 Å². The third-order valence-electron chi connectivity index (χ3n) is 2.85. The van der Waals surface area contributed by atoms with Crippen molar-refractivity contribution >= 4 is 29.5 Å². The van der Waals surface area contributed by atoms with E-state index in [1.165, 1.54) is 11.8 Å². The molecule has 0 bridgehead atoms. The molecule has 1 aliphatic rings. The smallest absolute Gasteiger partial charge is 0.326 e. The van der Waals surface area contributed by atoms with Crippen LogP contribution in [0.2, 0.25) is 0 Å². The number of amides is 2. The number of nitrogens with one attached hydrogen (secondary N) is 1. The third-order valence-corrected chi connectivity index (χ3v) is 3.81. The summed E-state index contributed by atoms with van der Waals surface area (Å²) in [5.41, 5.74) is 4.94. The van der Waals surface area contributed by atoms with E-state index < -0.39 is 30.2 Å². The van der Waals surface area contributed by atoms with Crippen LogP contribution in [-0.2, 0) is 14.4 Å². The fraction of sp³-hybridized carbons (Fsp3) is 0.545. The third kappa shape index (κ3) is 4.45. The molecular formula is C11H15N5O4S. The van der Waals surface area contributed by atoms with Crippen molar-refractivity contribution in [2.75, 3.05) is 5.75 Å². The predicted octanol–water partition coefficient (Wildman–Crippen LogP) is -0.850. The largest absolute Gasteiger partial charge is 0.480 e. The molecular weight excluding hydrogens is 298 g/mol. The number of nitrogens with two attached hydrogens (primary N) is 1. The van der Waals surface area contributed by atoms with Gasteiger partial charge in [0.05, 0.1) is 12.2 Å². The first-order chi connectivity index (χ1) is 9.97. The van der Waals surface area contributed by atoms with Crippen molar-refractivity contribution in [1.29, 1.82) is 0 Å². The molecule has 2 amide bonds. The van der Waals surface area contributed by atoms with E-state index in [4.69, 9.17) is 10.8 Å². The van der Waals surface area contributed by atoms with E-state index in [1.807, 2.05) is 4.57 Å². The first kappa shape index (κ1) is 15.3. The Bertz CT molecular complexity index is 557. The van der Waals surface area contributed by atoms with Crippen LogP contribution in [0.25, 0.3) is 0 Å². The SMILES string of the molecule is NC(=O)C[C@@H](NC(=O)CSc1nncn1C1CC1)C(=O)O. The standard InChI is InChI=1S/C11H15N5O4S/c12-8(17)3-7(10(19)20)14-9(18)4-21-11-15-13-5-16(11)6-1-2-6/h5-7H,1-4H2,(H2,12,17)(H,14,18)(H,19,20)/t7-/m1/s1. The number of hydrogen-bond acceptors (Lipinski definition) is 6. The average molecular weight is 313 g/mol. The van der Waals surface area contributed by atoms with Gasteiger partial charge in [-0.3, -0.25) is 9.59 Å². The number of rotatable bonds is 8. The lowest BCUT2D eigenvalue weighted by Crippen LogP contribution is -2.44. The van der Waals surface area contributed by atoms with Gasteiger partial charge < -0.3 is 20.7 Å². The fourth-order valence-electron chi connectivity index (χ4n) is 1.71. The van der Waals surface area contributed by atoms with Gasteiger partial charge in [-0.05, 0) is 12.8 Å². The molecule has 0 aliphatic heterocycles. The Labute approximate surface area is 124 Å². The maximum atomic E-state index is 11.7. The van der Waals surface area contributed by atoms with E-state index in [9.17, 15) is 14.4 Å². The number of thioether (sulfide) groups is 1. The summed E-state index contributed by atoms with van der Waals surface area (Å²) in [5, 5.41) is 19.5. The monoisotopic (exact) mass is 313 g/mol. The Kier molecular flexibility index (Phi) is 4.78. The maximum Gasteiger partial charge on any atom is 0.326 e. The van der Waals surface area contributed by atoms with E-state index in [0.717, 1.165) is 12.8 Å². The molecule has 1 saturated carbocycles. The molecule has 114 valence electrons. The van der Waals surface area contributed by atoms with Crippen LogP contribution in [0.1, 0.15) is 25.3 Å². The van der Waals surface area contributed by atoms with Crippen LogP contribution < -0.4 is 11.1 Å². The van der Waals surface area contributed by atoms with Gasteiger partial charge in [0, 0.05) is 6.04 Å². The molecule has 0 unspecified atom stereocenters. The van der Waals surface area contributed by atoms with Gasteiger partial charge in [-0.1, -0.05) is 11.8 Å². The van der Waals surface area contributed by atoms with E-state index in [2.05, 4.69) is 15.5 Å². The highest BCUT2D eigenvalue weighted by Gasteiger charge is 2.27. The molecule has 2 rings (SSSR count). The van der Waals surface area contributed by atoms with Crippen molar-refractivity contribution in [3.63, 3.8) is 0 Å². The molecule has 21 heavy (non-hydrogen) atoms. The molecule has 1 aromatic heterocycles. The first-order valence-corrected chi connectivity index (χ1v) is 7.28. The Morgan fingerprint density at radius 3 is 2.81 bits per heavy atom. The number of carbonyl (C=O) groups excluding carboxylic acids is 2. The normalized spacial score (nSPS) is 15.4. The van der Waals surface area contributed by atoms with Crippen molar-refractivity contribution < 1.29 is 19.5 Å². The summed E-state index contributed by atoms with van der Waals surface area (Å²) in [6.07, 6.45) is 3.31. The second-order valence-electron chi connectivity index (χ2n) is 4.67. The zero-order valence-corrected chi connectivity index (χ0v) is 11.9. The Balaban J connectivity index is 1.84. The number of hydrogen-bond donors (Lipinski definition) is 3. The highest BCUT2D eigenvalue weighted by atomic mass is 32.2. The van der Waals surface area contributed by atoms with Crippen molar-refractivity contribution in [1.82, 2.24) is 20.1 Å². The lowest BCUT2D eigenvalue weighted by Gasteiger charge is -2.12. The minimum atomic E-state index is -1.31. The van der Waals surface area contributed by atoms with Crippen LogP contribution >= 0.6 is 11.8 Å². The molecule has 1 heterocycles. The molecule has 4 N–H and O–H groups in total. The second kappa shape index (κ2) is 6.57. The van der Waals surface area contributed by atoms with Crippen LogP contribution in [0, 0.1) is 0 Å². The van der Waals surface area contributed by atoms with Gasteiger partial charge >= 0.3 is 5.97 Å². The van der Waals surface area contributed by atoms with Crippen molar-refractivity contribution in [3.8, 4) is 0 Å². The number of carbonyl (C=O) groups is 3. The van der Waals surface area contributed by atoms with Gasteiger partial charge in [-0.15, -0.1) is 10.2 Å². The summed E-state index contributed by atoms with van der Waals surface area (Å²) in [5.74, 6) is -2.59. The quantitative estimate of drug-likeness (QED) is 0.531. The molecule has 10 heteroatoms. The topological polar surface area (TPSA) is 140 Å². The highest BCUT2D eigenvalue weighted by molar-refractivity contribution is 7.99. The molecule has 1 aromatic rings. The zero-order chi connectivity index (χ0) is 15.4. The number of aromatic nitrogens is 3. The summed E-state index contributed by atoms with van der Waals surface area (Å²) < 4.78 is 1.90. The number of carboxylic acids is 1. The zero-order valence-electron chi connectivity index (χ0n) is 11.1. The van der Waals surface area contributed by atoms with Gasteiger partial charge in [0.2, 0.25) is 11.8 Å². The van der Waals surface area contributed by atoms with Crippen molar-refractivity contribution in [2.45, 2.75) is 36.5 Å². The second-order valence-corrected chi connectivity index (χ2v) is 5.61. The maximum absolute atomic E-state index is 11.7. The molecule has 0 aromatic carbocycles. The van der Waals surface area contributed by atoms with E-state index in [-0.39, 0.29) is 5.75 Å².